The third-order valence-electron chi connectivity index (χ3n) is 3.37. The Hall–Kier alpha value is -1.18. The topological polar surface area (TPSA) is 6.48 Å². The minimum atomic E-state index is 0.163. The van der Waals surface area contributed by atoms with Gasteiger partial charge in [-0.1, -0.05) is 12.1 Å². The highest BCUT2D eigenvalue weighted by atomic mass is 15.4. The monoisotopic (exact) mass is 232 g/mol. The van der Waals surface area contributed by atoms with Gasteiger partial charge in [0.1, 0.15) is 0 Å². The highest BCUT2D eigenvalue weighted by molar-refractivity contribution is 5.77. The molecule has 1 aliphatic heterocycles. The summed E-state index contributed by atoms with van der Waals surface area (Å²) >= 11 is 0. The van der Waals surface area contributed by atoms with Crippen LogP contribution < -0.4 is 9.80 Å². The summed E-state index contributed by atoms with van der Waals surface area (Å²) in [5.41, 5.74) is 3.04. The van der Waals surface area contributed by atoms with Crippen LogP contribution in [0.3, 0.4) is 0 Å². The standard InChI is InChI=1S/C15H24N2/c1-14(2,3)16-11-17(15(4,5)6)13-10-8-7-9-12(13)16/h7-10H,11H2,1-6H3. The molecule has 0 radical (unpaired) electrons. The number of para-hydroxylation sites is 2. The van der Waals surface area contributed by atoms with Crippen molar-refractivity contribution in [2.75, 3.05) is 16.5 Å². The second kappa shape index (κ2) is 3.66. The predicted molar refractivity (Wildman–Crippen MR) is 75.8 cm³/mol. The number of anilines is 2. The molecular formula is C15H24N2. The lowest BCUT2D eigenvalue weighted by Gasteiger charge is -2.38. The van der Waals surface area contributed by atoms with Crippen molar-refractivity contribution in [2.24, 2.45) is 0 Å². The molecule has 2 nitrogen and oxygen atoms in total. The fraction of sp³-hybridized carbons (Fsp3) is 0.600. The van der Waals surface area contributed by atoms with Gasteiger partial charge in [-0.15, -0.1) is 0 Å². The number of nitrogens with zero attached hydrogens (tertiary/aromatic N) is 2. The Morgan fingerprint density at radius 1 is 0.765 bits per heavy atom. The summed E-state index contributed by atoms with van der Waals surface area (Å²) in [6.45, 7) is 14.6. The third kappa shape index (κ3) is 2.13. The third-order valence-corrected chi connectivity index (χ3v) is 3.37. The van der Waals surface area contributed by atoms with Crippen molar-refractivity contribution in [3.8, 4) is 0 Å². The summed E-state index contributed by atoms with van der Waals surface area (Å²) in [7, 11) is 0. The van der Waals surface area contributed by atoms with E-state index in [2.05, 4.69) is 75.6 Å². The molecule has 0 saturated heterocycles. The van der Waals surface area contributed by atoms with Crippen molar-refractivity contribution in [3.63, 3.8) is 0 Å². The Morgan fingerprint density at radius 2 is 1.12 bits per heavy atom. The van der Waals surface area contributed by atoms with Crippen LogP contribution >= 0.6 is 0 Å². The molecule has 1 aromatic rings. The average Bonchev–Trinajstić information content (AvgIpc) is 2.55. The van der Waals surface area contributed by atoms with Gasteiger partial charge in [0, 0.05) is 11.1 Å². The van der Waals surface area contributed by atoms with Gasteiger partial charge < -0.3 is 9.80 Å². The van der Waals surface area contributed by atoms with Crippen LogP contribution in [0.2, 0.25) is 0 Å². The molecule has 1 aromatic carbocycles. The Kier molecular flexibility index (Phi) is 2.64. The van der Waals surface area contributed by atoms with Gasteiger partial charge in [0.15, 0.2) is 0 Å². The van der Waals surface area contributed by atoms with Gasteiger partial charge in [-0.05, 0) is 53.7 Å². The first-order valence-corrected chi connectivity index (χ1v) is 6.35. The Labute approximate surface area is 105 Å². The van der Waals surface area contributed by atoms with Crippen molar-refractivity contribution in [1.29, 1.82) is 0 Å². The number of fused-ring (bicyclic) bond motifs is 1. The molecule has 1 heterocycles. The first-order valence-electron chi connectivity index (χ1n) is 6.35. The van der Waals surface area contributed by atoms with E-state index in [1.54, 1.807) is 0 Å². The van der Waals surface area contributed by atoms with Crippen molar-refractivity contribution in [3.05, 3.63) is 24.3 Å². The number of rotatable bonds is 0. The Bertz CT molecular complexity index is 371. The molecule has 17 heavy (non-hydrogen) atoms. The molecule has 0 bridgehead atoms. The molecule has 94 valence electrons. The molecule has 0 saturated carbocycles. The van der Waals surface area contributed by atoms with Gasteiger partial charge in [-0.3, -0.25) is 0 Å². The van der Waals surface area contributed by atoms with E-state index in [0.29, 0.717) is 0 Å². The van der Waals surface area contributed by atoms with Crippen molar-refractivity contribution < 1.29 is 0 Å². The molecule has 1 aliphatic rings. The van der Waals surface area contributed by atoms with Crippen LogP contribution in [0.4, 0.5) is 11.4 Å². The number of hydrogen-bond donors (Lipinski definition) is 0. The highest BCUT2D eigenvalue weighted by Gasteiger charge is 2.36. The fourth-order valence-electron chi connectivity index (χ4n) is 2.36. The molecule has 0 N–H and O–H groups in total. The maximum atomic E-state index is 2.48. The first-order chi connectivity index (χ1) is 7.71. The van der Waals surface area contributed by atoms with Crippen molar-refractivity contribution in [2.45, 2.75) is 52.6 Å². The second-order valence-electron chi connectivity index (χ2n) is 6.83. The normalized spacial score (nSPS) is 16.4. The maximum Gasteiger partial charge on any atom is 0.0914 e. The van der Waals surface area contributed by atoms with E-state index in [-0.39, 0.29) is 11.1 Å². The minimum Gasteiger partial charge on any atom is -0.347 e. The molecule has 0 atom stereocenters. The summed E-state index contributed by atoms with van der Waals surface area (Å²) in [6.07, 6.45) is 0. The average molecular weight is 232 g/mol. The summed E-state index contributed by atoms with van der Waals surface area (Å²) in [5.74, 6) is 0. The van der Waals surface area contributed by atoms with E-state index in [9.17, 15) is 0 Å². The molecule has 2 rings (SSSR count). The fourth-order valence-corrected chi connectivity index (χ4v) is 2.36. The summed E-state index contributed by atoms with van der Waals surface area (Å²) < 4.78 is 0. The van der Waals surface area contributed by atoms with E-state index in [4.69, 9.17) is 0 Å². The Balaban J connectivity index is 2.47. The molecule has 0 spiro atoms. The summed E-state index contributed by atoms with van der Waals surface area (Å²) in [6, 6.07) is 8.71. The van der Waals surface area contributed by atoms with Gasteiger partial charge >= 0.3 is 0 Å². The quantitative estimate of drug-likeness (QED) is 0.670. The van der Waals surface area contributed by atoms with Gasteiger partial charge in [-0.25, -0.2) is 0 Å². The lowest BCUT2D eigenvalue weighted by Crippen LogP contribution is -2.48. The zero-order valence-corrected chi connectivity index (χ0v) is 11.9. The second-order valence-corrected chi connectivity index (χ2v) is 6.83. The molecule has 0 amide bonds. The number of benzene rings is 1. The molecule has 0 fully saturated rings. The van der Waals surface area contributed by atoms with E-state index in [1.165, 1.54) is 11.4 Å². The SMILES string of the molecule is CC(C)(C)N1CN(C(C)(C)C)c2ccccc21. The molecule has 0 aromatic heterocycles. The van der Waals surface area contributed by atoms with E-state index in [0.717, 1.165) is 6.67 Å². The van der Waals surface area contributed by atoms with Gasteiger partial charge in [0.2, 0.25) is 0 Å². The van der Waals surface area contributed by atoms with Crippen LogP contribution in [-0.4, -0.2) is 17.7 Å². The largest absolute Gasteiger partial charge is 0.347 e. The zero-order chi connectivity index (χ0) is 12.8. The maximum absolute atomic E-state index is 2.48. The number of hydrogen-bond acceptors (Lipinski definition) is 2. The molecule has 0 aliphatic carbocycles. The lowest BCUT2D eigenvalue weighted by molar-refractivity contribution is 0.462. The van der Waals surface area contributed by atoms with E-state index in [1.807, 2.05) is 0 Å². The molecule has 2 heteroatoms. The molecular weight excluding hydrogens is 208 g/mol. The van der Waals surface area contributed by atoms with Crippen molar-refractivity contribution >= 4 is 11.4 Å². The van der Waals surface area contributed by atoms with Crippen LogP contribution in [0, 0.1) is 0 Å². The van der Waals surface area contributed by atoms with Crippen LogP contribution in [0.25, 0.3) is 0 Å². The highest BCUT2D eigenvalue weighted by Crippen LogP contribution is 2.42. The predicted octanol–water partition coefficient (Wildman–Crippen LogP) is 3.87. The van der Waals surface area contributed by atoms with Crippen LogP contribution in [0.15, 0.2) is 24.3 Å². The lowest BCUT2D eigenvalue weighted by atomic mass is 10.1. The molecule has 0 unspecified atom stereocenters. The first kappa shape index (κ1) is 12.3. The summed E-state index contributed by atoms with van der Waals surface area (Å²) in [5, 5.41) is 0. The van der Waals surface area contributed by atoms with E-state index < -0.39 is 0 Å². The Morgan fingerprint density at radius 3 is 1.41 bits per heavy atom. The van der Waals surface area contributed by atoms with Gasteiger partial charge in [-0.2, -0.15) is 0 Å². The zero-order valence-electron chi connectivity index (χ0n) is 11.9. The minimum absolute atomic E-state index is 0.163. The van der Waals surface area contributed by atoms with Crippen LogP contribution in [0.1, 0.15) is 41.5 Å². The summed E-state index contributed by atoms with van der Waals surface area (Å²) in [4.78, 5) is 4.96. The smallest absolute Gasteiger partial charge is 0.0914 e. The van der Waals surface area contributed by atoms with Gasteiger partial charge in [0.05, 0.1) is 18.0 Å². The van der Waals surface area contributed by atoms with Gasteiger partial charge in [0.25, 0.3) is 0 Å². The van der Waals surface area contributed by atoms with E-state index >= 15 is 0 Å². The van der Waals surface area contributed by atoms with Crippen molar-refractivity contribution in [1.82, 2.24) is 0 Å². The van der Waals surface area contributed by atoms with Crippen LogP contribution in [-0.2, 0) is 0 Å². The van der Waals surface area contributed by atoms with Crippen LogP contribution in [0.5, 0.6) is 0 Å².